The summed E-state index contributed by atoms with van der Waals surface area (Å²) in [5.74, 6) is 2.16. The van der Waals surface area contributed by atoms with Gasteiger partial charge in [0.05, 0.1) is 11.9 Å². The minimum absolute atomic E-state index is 0.303. The zero-order chi connectivity index (χ0) is 20.4. The SMILES string of the molecule is Cc1cn2cc(-c3ncc4[nH]c(N(C)C5C6CCC5CNC6)nc4n3)cc(F)c2n1. The number of rotatable bonds is 3. The number of anilines is 1. The number of piperidine rings is 1. The molecular formula is C21H23FN8. The van der Waals surface area contributed by atoms with Gasteiger partial charge in [0.2, 0.25) is 5.95 Å². The average molecular weight is 406 g/mol. The first-order chi connectivity index (χ1) is 14.6. The lowest BCUT2D eigenvalue weighted by molar-refractivity contribution is 0.312. The van der Waals surface area contributed by atoms with E-state index in [0.29, 0.717) is 40.6 Å². The molecule has 154 valence electrons. The molecule has 2 atom stereocenters. The Balaban J connectivity index is 1.36. The summed E-state index contributed by atoms with van der Waals surface area (Å²) in [6.45, 7) is 3.97. The van der Waals surface area contributed by atoms with E-state index in [-0.39, 0.29) is 0 Å². The molecule has 4 aromatic heterocycles. The fourth-order valence-corrected chi connectivity index (χ4v) is 5.23. The Morgan fingerprint density at radius 1 is 1.13 bits per heavy atom. The number of H-pyrrole nitrogens is 1. The highest BCUT2D eigenvalue weighted by Gasteiger charge is 2.42. The van der Waals surface area contributed by atoms with Gasteiger partial charge in [-0.05, 0) is 50.8 Å². The minimum Gasteiger partial charge on any atom is -0.342 e. The molecule has 0 amide bonds. The highest BCUT2D eigenvalue weighted by atomic mass is 19.1. The van der Waals surface area contributed by atoms with Crippen LogP contribution < -0.4 is 10.2 Å². The molecule has 2 bridgehead atoms. The number of aromatic amines is 1. The highest BCUT2D eigenvalue weighted by molar-refractivity contribution is 5.75. The molecule has 2 fully saturated rings. The molecule has 0 spiro atoms. The maximum atomic E-state index is 14.5. The van der Waals surface area contributed by atoms with Gasteiger partial charge in [-0.25, -0.2) is 19.3 Å². The third-order valence-electron chi connectivity index (χ3n) is 6.58. The maximum absolute atomic E-state index is 14.5. The van der Waals surface area contributed by atoms with Crippen LogP contribution in [0.4, 0.5) is 10.3 Å². The molecule has 1 saturated carbocycles. The molecule has 0 radical (unpaired) electrons. The van der Waals surface area contributed by atoms with Gasteiger partial charge in [0.1, 0.15) is 5.52 Å². The summed E-state index contributed by atoms with van der Waals surface area (Å²) in [5, 5.41) is 3.54. The third kappa shape index (κ3) is 2.68. The Bertz CT molecular complexity index is 1240. The molecule has 30 heavy (non-hydrogen) atoms. The van der Waals surface area contributed by atoms with Crippen LogP contribution in [-0.2, 0) is 0 Å². The van der Waals surface area contributed by atoms with Gasteiger partial charge in [0.25, 0.3) is 0 Å². The van der Waals surface area contributed by atoms with Gasteiger partial charge in [0, 0.05) is 31.0 Å². The van der Waals surface area contributed by atoms with Crippen molar-refractivity contribution in [2.45, 2.75) is 25.8 Å². The van der Waals surface area contributed by atoms with Gasteiger partial charge in [0.15, 0.2) is 22.9 Å². The second kappa shape index (κ2) is 6.46. The highest BCUT2D eigenvalue weighted by Crippen LogP contribution is 2.38. The van der Waals surface area contributed by atoms with Gasteiger partial charge in [-0.3, -0.25) is 0 Å². The number of pyridine rings is 1. The van der Waals surface area contributed by atoms with E-state index >= 15 is 0 Å². The summed E-state index contributed by atoms with van der Waals surface area (Å²) >= 11 is 0. The molecule has 1 aliphatic carbocycles. The fraction of sp³-hybridized carbons (Fsp3) is 0.429. The summed E-state index contributed by atoms with van der Waals surface area (Å²) in [4.78, 5) is 23.6. The number of halogens is 1. The average Bonchev–Trinajstić information content (AvgIpc) is 3.40. The van der Waals surface area contributed by atoms with Crippen molar-refractivity contribution >= 4 is 22.8 Å². The van der Waals surface area contributed by atoms with Gasteiger partial charge in [-0.2, -0.15) is 4.98 Å². The van der Waals surface area contributed by atoms with Crippen molar-refractivity contribution in [2.24, 2.45) is 11.8 Å². The standard InChI is InChI=1S/C21H23FN8/c1-11-9-30-10-14(5-15(22)20(30)25-11)18-24-8-16-19(27-18)28-21(26-16)29(2)17-12-3-4-13(17)7-23-6-12/h5,8-10,12-13,17,23H,3-4,6-7H2,1-2H3,(H,24,26,27,28). The van der Waals surface area contributed by atoms with Crippen LogP contribution in [0.2, 0.25) is 0 Å². The first-order valence-corrected chi connectivity index (χ1v) is 10.4. The molecule has 2 unspecified atom stereocenters. The number of hydrogen-bond acceptors (Lipinski definition) is 6. The topological polar surface area (TPSA) is 87.0 Å². The van der Waals surface area contributed by atoms with E-state index in [1.807, 2.05) is 6.92 Å². The fourth-order valence-electron chi connectivity index (χ4n) is 5.23. The van der Waals surface area contributed by atoms with E-state index in [1.165, 1.54) is 18.9 Å². The Labute approximate surface area is 172 Å². The molecule has 1 aliphatic heterocycles. The third-order valence-corrected chi connectivity index (χ3v) is 6.58. The van der Waals surface area contributed by atoms with Gasteiger partial charge in [-0.15, -0.1) is 0 Å². The monoisotopic (exact) mass is 406 g/mol. The lowest BCUT2D eigenvalue weighted by atomic mass is 9.92. The van der Waals surface area contributed by atoms with Crippen LogP contribution in [0.25, 0.3) is 28.2 Å². The maximum Gasteiger partial charge on any atom is 0.205 e. The number of aryl methyl sites for hydroxylation is 1. The van der Waals surface area contributed by atoms with Crippen molar-refractivity contribution in [3.05, 3.63) is 36.2 Å². The molecule has 6 rings (SSSR count). The van der Waals surface area contributed by atoms with Crippen LogP contribution in [0.15, 0.2) is 24.7 Å². The molecule has 5 heterocycles. The molecule has 9 heteroatoms. The second-order valence-corrected chi connectivity index (χ2v) is 8.54. The molecule has 4 aromatic rings. The van der Waals surface area contributed by atoms with E-state index in [0.717, 1.165) is 30.2 Å². The normalized spacial score (nSPS) is 23.5. The Kier molecular flexibility index (Phi) is 3.83. The Morgan fingerprint density at radius 2 is 1.93 bits per heavy atom. The first-order valence-electron chi connectivity index (χ1n) is 10.4. The van der Waals surface area contributed by atoms with Gasteiger partial charge >= 0.3 is 0 Å². The summed E-state index contributed by atoms with van der Waals surface area (Å²) in [6.07, 6.45) is 7.83. The summed E-state index contributed by atoms with van der Waals surface area (Å²) in [7, 11) is 2.11. The summed E-state index contributed by atoms with van der Waals surface area (Å²) in [5.41, 5.74) is 3.02. The minimum atomic E-state index is -0.395. The second-order valence-electron chi connectivity index (χ2n) is 8.54. The van der Waals surface area contributed by atoms with Crippen molar-refractivity contribution in [3.63, 3.8) is 0 Å². The number of imidazole rings is 2. The van der Waals surface area contributed by atoms with Crippen LogP contribution in [0.1, 0.15) is 18.5 Å². The van der Waals surface area contributed by atoms with Crippen molar-refractivity contribution in [3.8, 4) is 11.4 Å². The smallest absolute Gasteiger partial charge is 0.205 e. The molecular weight excluding hydrogens is 383 g/mol. The van der Waals surface area contributed by atoms with Crippen molar-refractivity contribution < 1.29 is 4.39 Å². The van der Waals surface area contributed by atoms with Crippen molar-refractivity contribution in [1.29, 1.82) is 0 Å². The summed E-state index contributed by atoms with van der Waals surface area (Å²) < 4.78 is 16.2. The van der Waals surface area contributed by atoms with E-state index in [4.69, 9.17) is 4.98 Å². The summed E-state index contributed by atoms with van der Waals surface area (Å²) in [6, 6.07) is 1.91. The molecule has 1 saturated heterocycles. The van der Waals surface area contributed by atoms with Crippen LogP contribution in [0.5, 0.6) is 0 Å². The van der Waals surface area contributed by atoms with Crippen LogP contribution in [0, 0.1) is 24.6 Å². The first kappa shape index (κ1) is 17.8. The predicted molar refractivity (Wildman–Crippen MR) is 112 cm³/mol. The van der Waals surface area contributed by atoms with Crippen LogP contribution in [0.3, 0.4) is 0 Å². The number of nitrogens with one attached hydrogen (secondary N) is 2. The molecule has 2 aliphatic rings. The zero-order valence-corrected chi connectivity index (χ0v) is 16.9. The molecule has 8 nitrogen and oxygen atoms in total. The number of nitrogens with zero attached hydrogens (tertiary/aromatic N) is 6. The number of aromatic nitrogens is 6. The largest absolute Gasteiger partial charge is 0.342 e. The van der Waals surface area contributed by atoms with Crippen molar-refractivity contribution in [1.82, 2.24) is 34.6 Å². The zero-order valence-electron chi connectivity index (χ0n) is 16.9. The lowest BCUT2D eigenvalue weighted by Gasteiger charge is -2.37. The Morgan fingerprint density at radius 3 is 2.73 bits per heavy atom. The number of hydrogen-bond donors (Lipinski definition) is 2. The van der Waals surface area contributed by atoms with Crippen LogP contribution >= 0.6 is 0 Å². The van der Waals surface area contributed by atoms with Crippen LogP contribution in [-0.4, -0.2) is 55.5 Å². The lowest BCUT2D eigenvalue weighted by Crippen LogP contribution is -2.50. The van der Waals surface area contributed by atoms with E-state index in [1.54, 1.807) is 23.0 Å². The number of fused-ring (bicyclic) bond motifs is 4. The van der Waals surface area contributed by atoms with Gasteiger partial charge in [-0.1, -0.05) is 0 Å². The van der Waals surface area contributed by atoms with E-state index < -0.39 is 5.82 Å². The van der Waals surface area contributed by atoms with E-state index in [2.05, 4.69) is 37.2 Å². The van der Waals surface area contributed by atoms with Crippen molar-refractivity contribution in [2.75, 3.05) is 25.0 Å². The molecule has 2 N–H and O–H groups in total. The quantitative estimate of drug-likeness (QED) is 0.544. The van der Waals surface area contributed by atoms with E-state index in [9.17, 15) is 4.39 Å². The Hall–Kier alpha value is -3.07. The molecule has 0 aromatic carbocycles. The predicted octanol–water partition coefficient (Wildman–Crippen LogP) is 2.55. The van der Waals surface area contributed by atoms with Gasteiger partial charge < -0.3 is 19.6 Å².